The lowest BCUT2D eigenvalue weighted by Gasteiger charge is -2.17. The van der Waals surface area contributed by atoms with Crippen molar-refractivity contribution in [3.8, 4) is 0 Å². The molecule has 0 saturated carbocycles. The van der Waals surface area contributed by atoms with Crippen molar-refractivity contribution in [3.05, 3.63) is 0 Å². The second kappa shape index (κ2) is 2.48. The Balaban J connectivity index is 4.06. The topological polar surface area (TPSA) is 37.3 Å². The molecule has 0 atom stereocenters. The molecule has 0 heterocycles. The molecule has 0 spiro atoms. The maximum Gasteiger partial charge on any atom is 0.166 e. The molecule has 0 aromatic rings. The van der Waals surface area contributed by atoms with E-state index in [4.69, 9.17) is 5.11 Å². The van der Waals surface area contributed by atoms with Gasteiger partial charge >= 0.3 is 0 Å². The molecule has 9 heavy (non-hydrogen) atoms. The van der Waals surface area contributed by atoms with Gasteiger partial charge in [-0.05, 0) is 13.8 Å². The van der Waals surface area contributed by atoms with Crippen LogP contribution in [0.3, 0.4) is 0 Å². The SMILES string of the molecule is CC(C)C(=O)C(C)(C)O. The van der Waals surface area contributed by atoms with E-state index in [2.05, 4.69) is 0 Å². The Morgan fingerprint density at radius 1 is 1.44 bits per heavy atom. The van der Waals surface area contributed by atoms with Gasteiger partial charge in [0.2, 0.25) is 0 Å². The smallest absolute Gasteiger partial charge is 0.166 e. The fraction of sp³-hybridized carbons (Fsp3) is 0.857. The number of carbonyl (C=O) groups excluding carboxylic acids is 1. The normalized spacial score (nSPS) is 12.2. The highest BCUT2D eigenvalue weighted by Crippen LogP contribution is 2.09. The fourth-order valence-electron chi connectivity index (χ4n) is 0.706. The van der Waals surface area contributed by atoms with Gasteiger partial charge in [0.1, 0.15) is 5.60 Å². The van der Waals surface area contributed by atoms with Crippen molar-refractivity contribution in [3.63, 3.8) is 0 Å². The van der Waals surface area contributed by atoms with Gasteiger partial charge in [0.25, 0.3) is 0 Å². The van der Waals surface area contributed by atoms with E-state index >= 15 is 0 Å². The lowest BCUT2D eigenvalue weighted by atomic mass is 9.95. The van der Waals surface area contributed by atoms with Crippen LogP contribution in [0.4, 0.5) is 0 Å². The van der Waals surface area contributed by atoms with Gasteiger partial charge in [0.15, 0.2) is 5.78 Å². The standard InChI is InChI=1S/C7H14O2/c1-5(2)6(8)7(3,4)9/h5,9H,1-4H3. The summed E-state index contributed by atoms with van der Waals surface area (Å²) in [6.45, 7) is 6.57. The van der Waals surface area contributed by atoms with Crippen LogP contribution in [0.25, 0.3) is 0 Å². The minimum absolute atomic E-state index is 0.0787. The van der Waals surface area contributed by atoms with Gasteiger partial charge in [-0.2, -0.15) is 0 Å². The zero-order valence-electron chi connectivity index (χ0n) is 6.43. The maximum absolute atomic E-state index is 10.9. The molecule has 1 N–H and O–H groups in total. The average molecular weight is 130 g/mol. The van der Waals surface area contributed by atoms with Crippen LogP contribution >= 0.6 is 0 Å². The predicted molar refractivity (Wildman–Crippen MR) is 36.1 cm³/mol. The largest absolute Gasteiger partial charge is 0.383 e. The van der Waals surface area contributed by atoms with Crippen LogP contribution in [-0.4, -0.2) is 16.5 Å². The van der Waals surface area contributed by atoms with Crippen molar-refractivity contribution in [1.29, 1.82) is 0 Å². The Bertz CT molecular complexity index is 109. The lowest BCUT2D eigenvalue weighted by Crippen LogP contribution is -2.34. The zero-order valence-corrected chi connectivity index (χ0v) is 6.43. The number of carbonyl (C=O) groups is 1. The Morgan fingerprint density at radius 2 is 1.78 bits per heavy atom. The van der Waals surface area contributed by atoms with Crippen molar-refractivity contribution < 1.29 is 9.90 Å². The highest BCUT2D eigenvalue weighted by atomic mass is 16.3. The van der Waals surface area contributed by atoms with E-state index in [0.717, 1.165) is 0 Å². The molecule has 0 radical (unpaired) electrons. The van der Waals surface area contributed by atoms with Crippen molar-refractivity contribution in [2.75, 3.05) is 0 Å². The molecule has 0 fully saturated rings. The van der Waals surface area contributed by atoms with E-state index in [0.29, 0.717) is 0 Å². The van der Waals surface area contributed by atoms with E-state index in [1.54, 1.807) is 13.8 Å². The molecular formula is C7H14O2. The Morgan fingerprint density at radius 3 is 1.78 bits per heavy atom. The number of Topliss-reactive ketones (excluding diaryl/α,β-unsaturated/α-hetero) is 1. The number of hydrogen-bond acceptors (Lipinski definition) is 2. The zero-order chi connectivity index (χ0) is 7.65. The molecule has 0 saturated heterocycles. The third-order valence-electron chi connectivity index (χ3n) is 1.13. The number of rotatable bonds is 2. The highest BCUT2D eigenvalue weighted by molar-refractivity contribution is 5.87. The quantitative estimate of drug-likeness (QED) is 0.605. The minimum atomic E-state index is -1.16. The van der Waals surface area contributed by atoms with E-state index in [9.17, 15) is 4.79 Å². The summed E-state index contributed by atoms with van der Waals surface area (Å²) in [5, 5.41) is 9.11. The van der Waals surface area contributed by atoms with Gasteiger partial charge < -0.3 is 5.11 Å². The lowest BCUT2D eigenvalue weighted by molar-refractivity contribution is -0.137. The average Bonchev–Trinajstić information content (AvgIpc) is 1.62. The second-order valence-electron chi connectivity index (χ2n) is 3.08. The van der Waals surface area contributed by atoms with E-state index < -0.39 is 5.60 Å². The summed E-state index contributed by atoms with van der Waals surface area (Å²) < 4.78 is 0. The van der Waals surface area contributed by atoms with Gasteiger partial charge in [-0.3, -0.25) is 4.79 Å². The molecule has 0 aromatic heterocycles. The molecule has 2 heteroatoms. The fourth-order valence-corrected chi connectivity index (χ4v) is 0.706. The maximum atomic E-state index is 10.9. The van der Waals surface area contributed by atoms with Crippen molar-refractivity contribution in [2.24, 2.45) is 5.92 Å². The first-order chi connectivity index (χ1) is 3.85. The summed E-state index contributed by atoms with van der Waals surface area (Å²) in [4.78, 5) is 10.9. The van der Waals surface area contributed by atoms with E-state index in [1.165, 1.54) is 13.8 Å². The van der Waals surface area contributed by atoms with Crippen molar-refractivity contribution in [2.45, 2.75) is 33.3 Å². The molecule has 0 aliphatic rings. The first-order valence-electron chi connectivity index (χ1n) is 3.12. The summed E-state index contributed by atoms with van der Waals surface area (Å²) in [6.07, 6.45) is 0. The molecule has 0 bridgehead atoms. The van der Waals surface area contributed by atoms with Crippen LogP contribution in [-0.2, 0) is 4.79 Å². The Hall–Kier alpha value is -0.370. The summed E-state index contributed by atoms with van der Waals surface area (Å²) in [6, 6.07) is 0. The monoisotopic (exact) mass is 130 g/mol. The van der Waals surface area contributed by atoms with Crippen LogP contribution in [0.1, 0.15) is 27.7 Å². The summed E-state index contributed by atoms with van der Waals surface area (Å²) in [5.41, 5.74) is -1.16. The van der Waals surface area contributed by atoms with Gasteiger partial charge in [-0.15, -0.1) is 0 Å². The molecule has 54 valence electrons. The minimum Gasteiger partial charge on any atom is -0.383 e. The third kappa shape index (κ3) is 2.61. The van der Waals surface area contributed by atoms with E-state index in [1.807, 2.05) is 0 Å². The Kier molecular flexibility index (Phi) is 2.38. The van der Waals surface area contributed by atoms with Crippen molar-refractivity contribution in [1.82, 2.24) is 0 Å². The first-order valence-corrected chi connectivity index (χ1v) is 3.12. The summed E-state index contributed by atoms with van der Waals surface area (Å²) >= 11 is 0. The first kappa shape index (κ1) is 8.63. The molecule has 0 rings (SSSR count). The summed E-state index contributed by atoms with van der Waals surface area (Å²) in [7, 11) is 0. The van der Waals surface area contributed by atoms with Crippen LogP contribution in [0, 0.1) is 5.92 Å². The molecule has 0 aromatic carbocycles. The second-order valence-corrected chi connectivity index (χ2v) is 3.08. The highest BCUT2D eigenvalue weighted by Gasteiger charge is 2.25. The van der Waals surface area contributed by atoms with E-state index in [-0.39, 0.29) is 11.7 Å². The van der Waals surface area contributed by atoms with Crippen LogP contribution in [0.2, 0.25) is 0 Å². The van der Waals surface area contributed by atoms with Gasteiger partial charge in [-0.25, -0.2) is 0 Å². The molecule has 0 amide bonds. The Labute approximate surface area is 55.9 Å². The number of hydrogen-bond donors (Lipinski definition) is 1. The third-order valence-corrected chi connectivity index (χ3v) is 1.13. The number of aliphatic hydroxyl groups is 1. The molecule has 0 aliphatic heterocycles. The summed E-state index contributed by atoms with van der Waals surface area (Å²) in [5.74, 6) is -0.187. The molecule has 0 aliphatic carbocycles. The van der Waals surface area contributed by atoms with Crippen molar-refractivity contribution >= 4 is 5.78 Å². The molecular weight excluding hydrogens is 116 g/mol. The van der Waals surface area contributed by atoms with Crippen LogP contribution in [0.5, 0.6) is 0 Å². The van der Waals surface area contributed by atoms with Gasteiger partial charge in [0.05, 0.1) is 0 Å². The predicted octanol–water partition coefficient (Wildman–Crippen LogP) is 0.982. The molecule has 2 nitrogen and oxygen atoms in total. The van der Waals surface area contributed by atoms with Crippen LogP contribution in [0.15, 0.2) is 0 Å². The molecule has 0 unspecified atom stereocenters. The van der Waals surface area contributed by atoms with Gasteiger partial charge in [0, 0.05) is 5.92 Å². The number of ketones is 1. The van der Waals surface area contributed by atoms with Gasteiger partial charge in [-0.1, -0.05) is 13.8 Å². The van der Waals surface area contributed by atoms with Crippen LogP contribution < -0.4 is 0 Å².